The molecule has 0 aromatic carbocycles. The highest BCUT2D eigenvalue weighted by molar-refractivity contribution is 5.01. The highest BCUT2D eigenvalue weighted by atomic mass is 19.3. The number of nitrogens with zero attached hydrogens (tertiary/aromatic N) is 2. The number of likely N-dealkylation sites (N-methyl/N-ethyl adjacent to an activating group) is 1. The third kappa shape index (κ3) is 3.06. The van der Waals surface area contributed by atoms with Crippen molar-refractivity contribution in [3.8, 4) is 0 Å². The lowest BCUT2D eigenvalue weighted by molar-refractivity contribution is 0.0985. The second-order valence-corrected chi connectivity index (χ2v) is 3.18. The zero-order chi connectivity index (χ0) is 10.6. The molecule has 1 N–H and O–H groups in total. The third-order valence-corrected chi connectivity index (χ3v) is 1.97. The van der Waals surface area contributed by atoms with Gasteiger partial charge in [-0.1, -0.05) is 6.92 Å². The first-order valence-corrected chi connectivity index (χ1v) is 4.63. The van der Waals surface area contributed by atoms with Crippen molar-refractivity contribution in [2.24, 2.45) is 7.05 Å². The lowest BCUT2D eigenvalue weighted by Gasteiger charge is -2.15. The molecule has 0 saturated heterocycles. The van der Waals surface area contributed by atoms with Gasteiger partial charge in [-0.3, -0.25) is 4.68 Å². The molecule has 0 fully saturated rings. The second-order valence-electron chi connectivity index (χ2n) is 3.18. The number of hydrogen-bond donors (Lipinski definition) is 1. The van der Waals surface area contributed by atoms with Crippen molar-refractivity contribution in [1.82, 2.24) is 15.1 Å². The largest absolute Gasteiger partial charge is 0.309 e. The SMILES string of the molecule is CCNC(Cc1ccn(C)n1)C(F)F. The molecule has 0 aliphatic rings. The molecule has 1 rings (SSSR count). The summed E-state index contributed by atoms with van der Waals surface area (Å²) in [5.41, 5.74) is 0.693. The fourth-order valence-corrected chi connectivity index (χ4v) is 1.31. The van der Waals surface area contributed by atoms with Gasteiger partial charge in [-0.15, -0.1) is 0 Å². The zero-order valence-corrected chi connectivity index (χ0v) is 8.37. The standard InChI is InChI=1S/C9H15F2N3/c1-3-12-8(9(10)11)6-7-4-5-14(2)13-7/h4-5,8-9,12H,3,6H2,1-2H3. The van der Waals surface area contributed by atoms with Gasteiger partial charge in [0.1, 0.15) is 0 Å². The van der Waals surface area contributed by atoms with E-state index in [0.29, 0.717) is 12.2 Å². The summed E-state index contributed by atoms with van der Waals surface area (Å²) in [7, 11) is 1.77. The first-order valence-electron chi connectivity index (χ1n) is 4.63. The predicted octanol–water partition coefficient (Wildman–Crippen LogP) is 1.21. The van der Waals surface area contributed by atoms with Crippen LogP contribution in [0, 0.1) is 0 Å². The lowest BCUT2D eigenvalue weighted by Crippen LogP contribution is -2.37. The number of hydrogen-bond acceptors (Lipinski definition) is 2. The minimum atomic E-state index is -2.35. The molecule has 0 aliphatic carbocycles. The molecule has 0 amide bonds. The fourth-order valence-electron chi connectivity index (χ4n) is 1.31. The number of nitrogens with one attached hydrogen (secondary N) is 1. The number of aromatic nitrogens is 2. The topological polar surface area (TPSA) is 29.9 Å². The Morgan fingerprint density at radius 1 is 1.57 bits per heavy atom. The summed E-state index contributed by atoms with van der Waals surface area (Å²) in [5, 5.41) is 6.80. The minimum absolute atomic E-state index is 0.270. The Hall–Kier alpha value is -0.970. The average Bonchev–Trinajstić information content (AvgIpc) is 2.50. The summed E-state index contributed by atoms with van der Waals surface area (Å²) < 4.78 is 26.6. The Bertz CT molecular complexity index is 273. The van der Waals surface area contributed by atoms with E-state index in [-0.39, 0.29) is 6.42 Å². The van der Waals surface area contributed by atoms with Crippen molar-refractivity contribution in [2.45, 2.75) is 25.8 Å². The minimum Gasteiger partial charge on any atom is -0.309 e. The molecular weight excluding hydrogens is 188 g/mol. The Labute approximate surface area is 82.1 Å². The van der Waals surface area contributed by atoms with Crippen LogP contribution in [0.5, 0.6) is 0 Å². The van der Waals surface area contributed by atoms with E-state index in [9.17, 15) is 8.78 Å². The predicted molar refractivity (Wildman–Crippen MR) is 50.4 cm³/mol. The van der Waals surface area contributed by atoms with Crippen molar-refractivity contribution in [1.29, 1.82) is 0 Å². The van der Waals surface area contributed by atoms with Crippen molar-refractivity contribution in [3.63, 3.8) is 0 Å². The van der Waals surface area contributed by atoms with E-state index < -0.39 is 12.5 Å². The Balaban J connectivity index is 2.55. The smallest absolute Gasteiger partial charge is 0.254 e. The van der Waals surface area contributed by atoms with Crippen LogP contribution in [0.3, 0.4) is 0 Å². The maximum atomic E-state index is 12.5. The summed E-state index contributed by atoms with van der Waals surface area (Å²) in [6.07, 6.45) is -0.326. The maximum absolute atomic E-state index is 12.5. The maximum Gasteiger partial charge on any atom is 0.254 e. The summed E-state index contributed by atoms with van der Waals surface area (Å²) in [5.74, 6) is 0. The molecule has 0 saturated carbocycles. The van der Waals surface area contributed by atoms with Crippen molar-refractivity contribution >= 4 is 0 Å². The van der Waals surface area contributed by atoms with Gasteiger partial charge in [0, 0.05) is 19.7 Å². The van der Waals surface area contributed by atoms with Crippen LogP contribution < -0.4 is 5.32 Å². The van der Waals surface area contributed by atoms with E-state index in [2.05, 4.69) is 10.4 Å². The molecule has 0 bridgehead atoms. The van der Waals surface area contributed by atoms with Gasteiger partial charge in [-0.05, 0) is 12.6 Å². The highest BCUT2D eigenvalue weighted by Gasteiger charge is 2.20. The van der Waals surface area contributed by atoms with E-state index in [4.69, 9.17) is 0 Å². The first kappa shape index (κ1) is 11.1. The number of halogens is 2. The van der Waals surface area contributed by atoms with Gasteiger partial charge >= 0.3 is 0 Å². The van der Waals surface area contributed by atoms with Crippen LogP contribution in [0.15, 0.2) is 12.3 Å². The van der Waals surface area contributed by atoms with E-state index in [1.165, 1.54) is 0 Å². The molecule has 14 heavy (non-hydrogen) atoms. The van der Waals surface area contributed by atoms with Crippen molar-refractivity contribution in [2.75, 3.05) is 6.54 Å². The summed E-state index contributed by atoms with van der Waals surface area (Å²) >= 11 is 0. The van der Waals surface area contributed by atoms with Crippen LogP contribution in [-0.4, -0.2) is 28.8 Å². The highest BCUT2D eigenvalue weighted by Crippen LogP contribution is 2.07. The quantitative estimate of drug-likeness (QED) is 0.779. The summed E-state index contributed by atoms with van der Waals surface area (Å²) in [6.45, 7) is 2.36. The Morgan fingerprint density at radius 3 is 2.71 bits per heavy atom. The van der Waals surface area contributed by atoms with Gasteiger partial charge in [0.2, 0.25) is 0 Å². The van der Waals surface area contributed by atoms with Crippen LogP contribution in [0.4, 0.5) is 8.78 Å². The van der Waals surface area contributed by atoms with Crippen LogP contribution in [0.2, 0.25) is 0 Å². The molecular formula is C9H15F2N3. The molecule has 1 unspecified atom stereocenters. The van der Waals surface area contributed by atoms with Gasteiger partial charge < -0.3 is 5.32 Å². The molecule has 80 valence electrons. The molecule has 1 aromatic rings. The molecule has 0 aliphatic heterocycles. The van der Waals surface area contributed by atoms with Gasteiger partial charge in [0.15, 0.2) is 0 Å². The molecule has 1 heterocycles. The second kappa shape index (κ2) is 5.05. The van der Waals surface area contributed by atoms with Crippen molar-refractivity contribution < 1.29 is 8.78 Å². The first-order chi connectivity index (χ1) is 6.63. The van der Waals surface area contributed by atoms with E-state index in [0.717, 1.165) is 0 Å². The molecule has 3 nitrogen and oxygen atoms in total. The third-order valence-electron chi connectivity index (χ3n) is 1.97. The van der Waals surface area contributed by atoms with Gasteiger partial charge in [-0.25, -0.2) is 8.78 Å². The zero-order valence-electron chi connectivity index (χ0n) is 8.37. The van der Waals surface area contributed by atoms with E-state index in [1.54, 1.807) is 24.0 Å². The van der Waals surface area contributed by atoms with E-state index >= 15 is 0 Å². The number of aryl methyl sites for hydroxylation is 1. The normalized spacial score (nSPS) is 13.5. The van der Waals surface area contributed by atoms with Gasteiger partial charge in [0.25, 0.3) is 6.43 Å². The fraction of sp³-hybridized carbons (Fsp3) is 0.667. The summed E-state index contributed by atoms with van der Waals surface area (Å²) in [4.78, 5) is 0. The van der Waals surface area contributed by atoms with Crippen LogP contribution in [0.25, 0.3) is 0 Å². The van der Waals surface area contributed by atoms with Crippen LogP contribution in [-0.2, 0) is 13.5 Å². The molecule has 1 aromatic heterocycles. The molecule has 0 spiro atoms. The monoisotopic (exact) mass is 203 g/mol. The molecule has 5 heteroatoms. The lowest BCUT2D eigenvalue weighted by atomic mass is 10.1. The van der Waals surface area contributed by atoms with Crippen LogP contribution in [0.1, 0.15) is 12.6 Å². The van der Waals surface area contributed by atoms with E-state index in [1.807, 2.05) is 6.92 Å². The Kier molecular flexibility index (Phi) is 4.00. The van der Waals surface area contributed by atoms with Crippen molar-refractivity contribution in [3.05, 3.63) is 18.0 Å². The summed E-state index contributed by atoms with van der Waals surface area (Å²) in [6, 6.07) is 0.960. The number of alkyl halides is 2. The Morgan fingerprint density at radius 2 is 2.29 bits per heavy atom. The molecule has 1 atom stereocenters. The number of rotatable bonds is 5. The van der Waals surface area contributed by atoms with Gasteiger partial charge in [-0.2, -0.15) is 5.10 Å². The average molecular weight is 203 g/mol. The molecule has 0 radical (unpaired) electrons. The van der Waals surface area contributed by atoms with Gasteiger partial charge in [0.05, 0.1) is 11.7 Å². The van der Waals surface area contributed by atoms with Crippen LogP contribution >= 0.6 is 0 Å².